The van der Waals surface area contributed by atoms with Crippen LogP contribution in [0.2, 0.25) is 0 Å². The lowest BCUT2D eigenvalue weighted by Gasteiger charge is -2.11. The van der Waals surface area contributed by atoms with Gasteiger partial charge < -0.3 is 0 Å². The van der Waals surface area contributed by atoms with Gasteiger partial charge in [-0.15, -0.1) is 0 Å². The van der Waals surface area contributed by atoms with Crippen LogP contribution in [0.15, 0.2) is 37.0 Å². The van der Waals surface area contributed by atoms with Gasteiger partial charge in [-0.1, -0.05) is 24.3 Å². The summed E-state index contributed by atoms with van der Waals surface area (Å²) in [4.78, 5) is 3.89. The lowest BCUT2D eigenvalue weighted by Crippen LogP contribution is -2.07. The van der Waals surface area contributed by atoms with E-state index in [9.17, 15) is 0 Å². The van der Waals surface area contributed by atoms with Crippen molar-refractivity contribution in [2.24, 2.45) is 0 Å². The first-order chi connectivity index (χ1) is 5.47. The summed E-state index contributed by atoms with van der Waals surface area (Å²) in [6.45, 7) is 0. The van der Waals surface area contributed by atoms with E-state index < -0.39 is 0 Å². The number of nitrogens with zero attached hydrogens (tertiary/aromatic N) is 3. The van der Waals surface area contributed by atoms with Gasteiger partial charge in [-0.3, -0.25) is 0 Å². The predicted molar refractivity (Wildman–Crippen MR) is 42.0 cm³/mol. The summed E-state index contributed by atoms with van der Waals surface area (Å²) in [5, 5.41) is 4.06. The summed E-state index contributed by atoms with van der Waals surface area (Å²) in [6, 6.07) is 0.363. The molecule has 0 fully saturated rings. The summed E-state index contributed by atoms with van der Waals surface area (Å²) in [6.07, 6.45) is 12.7. The normalized spacial score (nSPS) is 22.4. The van der Waals surface area contributed by atoms with Crippen molar-refractivity contribution in [2.75, 3.05) is 0 Å². The minimum atomic E-state index is 0.363. The summed E-state index contributed by atoms with van der Waals surface area (Å²) in [5.41, 5.74) is 0. The van der Waals surface area contributed by atoms with E-state index in [0.717, 1.165) is 6.42 Å². The Bertz CT molecular complexity index is 272. The van der Waals surface area contributed by atoms with Crippen LogP contribution in [0.3, 0.4) is 0 Å². The third kappa shape index (κ3) is 1.22. The first-order valence-corrected chi connectivity index (χ1v) is 3.64. The van der Waals surface area contributed by atoms with Crippen LogP contribution in [0.1, 0.15) is 12.5 Å². The molecule has 1 heterocycles. The molecule has 1 atom stereocenters. The van der Waals surface area contributed by atoms with Gasteiger partial charge in [-0.05, 0) is 6.42 Å². The van der Waals surface area contributed by atoms with Crippen molar-refractivity contribution in [1.29, 1.82) is 0 Å². The van der Waals surface area contributed by atoms with E-state index >= 15 is 0 Å². The average molecular weight is 147 g/mol. The van der Waals surface area contributed by atoms with E-state index in [4.69, 9.17) is 0 Å². The highest BCUT2D eigenvalue weighted by molar-refractivity contribution is 5.12. The number of aromatic nitrogens is 3. The van der Waals surface area contributed by atoms with E-state index in [1.165, 1.54) is 0 Å². The van der Waals surface area contributed by atoms with Crippen molar-refractivity contribution >= 4 is 0 Å². The molecule has 1 aromatic heterocycles. The SMILES string of the molecule is C1=CC[C@@H](n2cncn2)C=C1. The fraction of sp³-hybridized carbons (Fsp3) is 0.250. The Kier molecular flexibility index (Phi) is 1.55. The monoisotopic (exact) mass is 147 g/mol. The Morgan fingerprint density at radius 1 is 1.36 bits per heavy atom. The van der Waals surface area contributed by atoms with Gasteiger partial charge in [0.2, 0.25) is 0 Å². The third-order valence-electron chi connectivity index (χ3n) is 1.73. The molecule has 56 valence electrons. The minimum absolute atomic E-state index is 0.363. The van der Waals surface area contributed by atoms with E-state index in [1.807, 2.05) is 16.8 Å². The molecule has 0 bridgehead atoms. The smallest absolute Gasteiger partial charge is 0.137 e. The van der Waals surface area contributed by atoms with Crippen LogP contribution in [-0.4, -0.2) is 14.8 Å². The fourth-order valence-electron chi connectivity index (χ4n) is 1.15. The molecule has 0 aromatic carbocycles. The molecule has 0 radical (unpaired) electrons. The predicted octanol–water partition coefficient (Wildman–Crippen LogP) is 1.34. The molecule has 0 unspecified atom stereocenters. The van der Waals surface area contributed by atoms with E-state index in [2.05, 4.69) is 22.2 Å². The molecule has 0 aliphatic heterocycles. The maximum Gasteiger partial charge on any atom is 0.137 e. The lowest BCUT2D eigenvalue weighted by atomic mass is 10.1. The Balaban J connectivity index is 2.19. The number of hydrogen-bond acceptors (Lipinski definition) is 2. The maximum absolute atomic E-state index is 4.06. The van der Waals surface area contributed by atoms with Crippen molar-refractivity contribution in [2.45, 2.75) is 12.5 Å². The standard InChI is InChI=1S/C8H9N3/c1-2-4-8(5-3-1)11-7-9-6-10-11/h1-4,6-8H,5H2/t8-/m0/s1. The van der Waals surface area contributed by atoms with Gasteiger partial charge in [0.1, 0.15) is 12.7 Å². The van der Waals surface area contributed by atoms with Crippen LogP contribution < -0.4 is 0 Å². The minimum Gasteiger partial charge on any atom is -0.246 e. The van der Waals surface area contributed by atoms with Crippen molar-refractivity contribution in [3.8, 4) is 0 Å². The second-order valence-corrected chi connectivity index (χ2v) is 2.49. The molecule has 0 spiro atoms. The zero-order valence-electron chi connectivity index (χ0n) is 6.09. The quantitative estimate of drug-likeness (QED) is 0.600. The fourth-order valence-corrected chi connectivity index (χ4v) is 1.15. The molecule has 2 rings (SSSR count). The molecule has 0 saturated carbocycles. The van der Waals surface area contributed by atoms with E-state index in [1.54, 1.807) is 12.7 Å². The molecular weight excluding hydrogens is 138 g/mol. The molecular formula is C8H9N3. The zero-order valence-corrected chi connectivity index (χ0v) is 6.09. The Hall–Kier alpha value is -1.38. The molecule has 3 nitrogen and oxygen atoms in total. The molecule has 11 heavy (non-hydrogen) atoms. The number of allylic oxidation sites excluding steroid dienone is 4. The summed E-state index contributed by atoms with van der Waals surface area (Å²) in [7, 11) is 0. The second kappa shape index (κ2) is 2.70. The molecule has 1 aliphatic rings. The molecule has 1 aliphatic carbocycles. The molecule has 0 N–H and O–H groups in total. The van der Waals surface area contributed by atoms with Crippen LogP contribution in [0.4, 0.5) is 0 Å². The van der Waals surface area contributed by atoms with Crippen LogP contribution >= 0.6 is 0 Å². The highest BCUT2D eigenvalue weighted by Crippen LogP contribution is 2.15. The van der Waals surface area contributed by atoms with Crippen molar-refractivity contribution in [3.05, 3.63) is 37.0 Å². The highest BCUT2D eigenvalue weighted by Gasteiger charge is 2.06. The van der Waals surface area contributed by atoms with Gasteiger partial charge in [0.15, 0.2) is 0 Å². The van der Waals surface area contributed by atoms with Gasteiger partial charge in [0.05, 0.1) is 6.04 Å². The Morgan fingerprint density at radius 2 is 2.36 bits per heavy atom. The summed E-state index contributed by atoms with van der Waals surface area (Å²) < 4.78 is 1.86. The van der Waals surface area contributed by atoms with Gasteiger partial charge in [-0.25, -0.2) is 9.67 Å². The van der Waals surface area contributed by atoms with Crippen molar-refractivity contribution in [1.82, 2.24) is 14.8 Å². The van der Waals surface area contributed by atoms with Crippen LogP contribution in [0.5, 0.6) is 0 Å². The van der Waals surface area contributed by atoms with Gasteiger partial charge in [0, 0.05) is 0 Å². The third-order valence-corrected chi connectivity index (χ3v) is 1.73. The maximum atomic E-state index is 4.06. The van der Waals surface area contributed by atoms with Crippen LogP contribution in [-0.2, 0) is 0 Å². The molecule has 0 saturated heterocycles. The number of hydrogen-bond donors (Lipinski definition) is 0. The first kappa shape index (κ1) is 6.34. The van der Waals surface area contributed by atoms with Gasteiger partial charge in [-0.2, -0.15) is 5.10 Å². The largest absolute Gasteiger partial charge is 0.246 e. The van der Waals surface area contributed by atoms with Gasteiger partial charge in [0.25, 0.3) is 0 Å². The first-order valence-electron chi connectivity index (χ1n) is 3.64. The summed E-state index contributed by atoms with van der Waals surface area (Å²) >= 11 is 0. The Morgan fingerprint density at radius 3 is 3.00 bits per heavy atom. The van der Waals surface area contributed by atoms with Crippen molar-refractivity contribution in [3.63, 3.8) is 0 Å². The van der Waals surface area contributed by atoms with E-state index in [0.29, 0.717) is 6.04 Å². The van der Waals surface area contributed by atoms with Crippen LogP contribution in [0, 0.1) is 0 Å². The lowest BCUT2D eigenvalue weighted by molar-refractivity contribution is 0.539. The highest BCUT2D eigenvalue weighted by atomic mass is 15.3. The zero-order chi connectivity index (χ0) is 7.52. The second-order valence-electron chi connectivity index (χ2n) is 2.49. The van der Waals surface area contributed by atoms with Gasteiger partial charge >= 0.3 is 0 Å². The van der Waals surface area contributed by atoms with Crippen molar-refractivity contribution < 1.29 is 0 Å². The molecule has 3 heteroatoms. The van der Waals surface area contributed by atoms with E-state index in [-0.39, 0.29) is 0 Å². The topological polar surface area (TPSA) is 30.7 Å². The average Bonchev–Trinajstić information content (AvgIpc) is 2.58. The Labute approximate surface area is 65.1 Å². The molecule has 1 aromatic rings. The molecule has 0 amide bonds. The van der Waals surface area contributed by atoms with Crippen LogP contribution in [0.25, 0.3) is 0 Å². The number of rotatable bonds is 1. The summed E-state index contributed by atoms with van der Waals surface area (Å²) in [5.74, 6) is 0.